The fraction of sp³-hybridized carbons (Fsp3) is 0.250. The summed E-state index contributed by atoms with van der Waals surface area (Å²) in [5.74, 6) is 0.0278. The fourth-order valence-electron chi connectivity index (χ4n) is 2.59. The number of imidazole rings is 1. The summed E-state index contributed by atoms with van der Waals surface area (Å²) in [4.78, 5) is 25.4. The minimum Gasteiger partial charge on any atom is -0.295 e. The molecule has 0 saturated heterocycles. The van der Waals surface area contributed by atoms with Crippen LogP contribution in [-0.4, -0.2) is 14.9 Å². The van der Waals surface area contributed by atoms with Crippen LogP contribution in [0.2, 0.25) is 0 Å². The molecule has 0 saturated carbocycles. The van der Waals surface area contributed by atoms with E-state index in [2.05, 4.69) is 0 Å². The Bertz CT molecular complexity index is 899. The third-order valence-electron chi connectivity index (χ3n) is 3.87. The summed E-state index contributed by atoms with van der Waals surface area (Å²) >= 11 is 1.47. The summed E-state index contributed by atoms with van der Waals surface area (Å²) in [5.41, 5.74) is 3.23. The summed E-state index contributed by atoms with van der Waals surface area (Å²) in [5, 5.41) is 1.95. The number of ketones is 1. The highest BCUT2D eigenvalue weighted by Gasteiger charge is 2.16. The Morgan fingerprint density at radius 3 is 2.57 bits per heavy atom. The third-order valence-corrected chi connectivity index (χ3v) is 4.82. The number of carbonyl (C=O) groups is 1. The van der Waals surface area contributed by atoms with Crippen molar-refractivity contribution in [3.63, 3.8) is 0 Å². The number of aryl methyl sites for hydroxylation is 3. The normalized spacial score (nSPS) is 11.2. The summed E-state index contributed by atoms with van der Waals surface area (Å²) in [6.07, 6.45) is 0.844. The van der Waals surface area contributed by atoms with Crippen molar-refractivity contribution in [3.05, 3.63) is 56.1 Å². The Labute approximate surface area is 126 Å². The van der Waals surface area contributed by atoms with Crippen LogP contribution in [0, 0.1) is 0 Å². The molecule has 2 heterocycles. The van der Waals surface area contributed by atoms with Gasteiger partial charge >= 0.3 is 5.69 Å². The lowest BCUT2D eigenvalue weighted by atomic mass is 10.1. The van der Waals surface area contributed by atoms with Gasteiger partial charge < -0.3 is 0 Å². The van der Waals surface area contributed by atoms with E-state index in [1.54, 1.807) is 35.4 Å². The molecule has 0 bridgehead atoms. The highest BCUT2D eigenvalue weighted by Crippen LogP contribution is 2.23. The van der Waals surface area contributed by atoms with Crippen LogP contribution in [-0.2, 0) is 20.5 Å². The Balaban J connectivity index is 2.16. The van der Waals surface area contributed by atoms with Crippen LogP contribution < -0.4 is 5.69 Å². The van der Waals surface area contributed by atoms with E-state index in [-0.39, 0.29) is 11.5 Å². The van der Waals surface area contributed by atoms with Crippen LogP contribution in [0.5, 0.6) is 0 Å². The average Bonchev–Trinajstić information content (AvgIpc) is 3.06. The van der Waals surface area contributed by atoms with Crippen molar-refractivity contribution in [3.8, 4) is 0 Å². The van der Waals surface area contributed by atoms with Gasteiger partial charge in [0.05, 0.1) is 15.9 Å². The second-order valence-corrected chi connectivity index (χ2v) is 5.98. The molecule has 21 heavy (non-hydrogen) atoms. The topological polar surface area (TPSA) is 44.0 Å². The Morgan fingerprint density at radius 1 is 1.14 bits per heavy atom. The smallest absolute Gasteiger partial charge is 0.295 e. The number of carbonyl (C=O) groups excluding carboxylic acids is 1. The van der Waals surface area contributed by atoms with E-state index in [0.29, 0.717) is 5.56 Å². The largest absolute Gasteiger partial charge is 0.328 e. The lowest BCUT2D eigenvalue weighted by Gasteiger charge is -2.03. The van der Waals surface area contributed by atoms with Crippen LogP contribution in [0.3, 0.4) is 0 Å². The molecule has 0 aliphatic carbocycles. The first-order valence-electron chi connectivity index (χ1n) is 6.81. The molecule has 0 radical (unpaired) electrons. The predicted molar refractivity (Wildman–Crippen MR) is 85.3 cm³/mol. The quantitative estimate of drug-likeness (QED) is 0.698. The maximum atomic E-state index is 12.7. The number of hydrogen-bond acceptors (Lipinski definition) is 3. The molecule has 108 valence electrons. The molecule has 0 N–H and O–H groups in total. The standard InChI is InChI=1S/C16H16N2O2S/c1-4-10-7-8-21-15(10)14(19)11-5-6-12-13(9-11)18(3)16(20)17(12)2/h5-9H,4H2,1-3H3. The van der Waals surface area contributed by atoms with Gasteiger partial charge in [-0.15, -0.1) is 11.3 Å². The van der Waals surface area contributed by atoms with Gasteiger partial charge in [0.2, 0.25) is 5.78 Å². The van der Waals surface area contributed by atoms with Gasteiger partial charge in [0.25, 0.3) is 0 Å². The van der Waals surface area contributed by atoms with Crippen molar-refractivity contribution in [1.82, 2.24) is 9.13 Å². The summed E-state index contributed by atoms with van der Waals surface area (Å²) in [7, 11) is 3.46. The van der Waals surface area contributed by atoms with E-state index in [9.17, 15) is 9.59 Å². The lowest BCUT2D eigenvalue weighted by molar-refractivity contribution is 0.104. The number of fused-ring (bicyclic) bond motifs is 1. The van der Waals surface area contributed by atoms with Gasteiger partial charge in [0, 0.05) is 19.7 Å². The zero-order valence-corrected chi connectivity index (χ0v) is 13.0. The van der Waals surface area contributed by atoms with E-state index < -0.39 is 0 Å². The summed E-state index contributed by atoms with van der Waals surface area (Å²) < 4.78 is 3.16. The number of rotatable bonds is 3. The van der Waals surface area contributed by atoms with Crippen LogP contribution in [0.15, 0.2) is 34.4 Å². The third kappa shape index (κ3) is 2.05. The molecule has 5 heteroatoms. The SMILES string of the molecule is CCc1ccsc1C(=O)c1ccc2c(c1)n(C)c(=O)n2C. The second kappa shape index (κ2) is 5.00. The first-order chi connectivity index (χ1) is 10.0. The van der Waals surface area contributed by atoms with Gasteiger partial charge in [-0.25, -0.2) is 4.79 Å². The average molecular weight is 300 g/mol. The highest BCUT2D eigenvalue weighted by molar-refractivity contribution is 7.12. The predicted octanol–water partition coefficient (Wildman–Crippen LogP) is 2.73. The molecule has 0 aliphatic rings. The lowest BCUT2D eigenvalue weighted by Crippen LogP contribution is -2.19. The number of nitrogens with zero attached hydrogens (tertiary/aromatic N) is 2. The molecular weight excluding hydrogens is 284 g/mol. The molecule has 3 aromatic rings. The number of benzene rings is 1. The number of thiophene rings is 1. The minimum absolute atomic E-state index is 0.0278. The van der Waals surface area contributed by atoms with Crippen molar-refractivity contribution in [2.24, 2.45) is 14.1 Å². The Kier molecular flexibility index (Phi) is 3.29. The molecule has 0 fully saturated rings. The van der Waals surface area contributed by atoms with Crippen molar-refractivity contribution < 1.29 is 4.79 Å². The van der Waals surface area contributed by atoms with Crippen molar-refractivity contribution >= 4 is 28.2 Å². The molecule has 2 aromatic heterocycles. The summed E-state index contributed by atoms with van der Waals surface area (Å²) in [6.45, 7) is 2.04. The molecule has 0 amide bonds. The molecule has 0 aliphatic heterocycles. The Hall–Kier alpha value is -2.14. The highest BCUT2D eigenvalue weighted by atomic mass is 32.1. The van der Waals surface area contributed by atoms with Crippen LogP contribution in [0.1, 0.15) is 27.7 Å². The minimum atomic E-state index is -0.0834. The van der Waals surface area contributed by atoms with Crippen LogP contribution in [0.25, 0.3) is 11.0 Å². The second-order valence-electron chi connectivity index (χ2n) is 5.06. The van der Waals surface area contributed by atoms with Crippen molar-refractivity contribution in [1.29, 1.82) is 0 Å². The first-order valence-corrected chi connectivity index (χ1v) is 7.69. The van der Waals surface area contributed by atoms with Crippen LogP contribution in [0.4, 0.5) is 0 Å². The number of aromatic nitrogens is 2. The van der Waals surface area contributed by atoms with Gasteiger partial charge in [0.15, 0.2) is 0 Å². The number of hydrogen-bond donors (Lipinski definition) is 0. The van der Waals surface area contributed by atoms with Crippen molar-refractivity contribution in [2.45, 2.75) is 13.3 Å². The van der Waals surface area contributed by atoms with Crippen LogP contribution >= 0.6 is 11.3 Å². The Morgan fingerprint density at radius 2 is 1.86 bits per heavy atom. The monoisotopic (exact) mass is 300 g/mol. The molecule has 4 nitrogen and oxygen atoms in total. The molecule has 0 unspecified atom stereocenters. The zero-order valence-electron chi connectivity index (χ0n) is 12.2. The summed E-state index contributed by atoms with van der Waals surface area (Å²) in [6, 6.07) is 7.43. The van der Waals surface area contributed by atoms with E-state index in [4.69, 9.17) is 0 Å². The molecular formula is C16H16N2O2S. The fourth-order valence-corrected chi connectivity index (χ4v) is 3.55. The maximum absolute atomic E-state index is 12.7. The molecule has 0 spiro atoms. The van der Waals surface area contributed by atoms with E-state index >= 15 is 0 Å². The van der Waals surface area contributed by atoms with Gasteiger partial charge in [-0.1, -0.05) is 6.92 Å². The first kappa shape index (κ1) is 13.8. The van der Waals surface area contributed by atoms with Gasteiger partial charge in [-0.05, 0) is 41.6 Å². The van der Waals surface area contributed by atoms with E-state index in [1.807, 2.05) is 24.4 Å². The van der Waals surface area contributed by atoms with Gasteiger partial charge in [0.1, 0.15) is 0 Å². The van der Waals surface area contributed by atoms with E-state index in [1.165, 1.54) is 11.3 Å². The van der Waals surface area contributed by atoms with E-state index in [0.717, 1.165) is 27.9 Å². The van der Waals surface area contributed by atoms with Crippen molar-refractivity contribution in [2.75, 3.05) is 0 Å². The maximum Gasteiger partial charge on any atom is 0.328 e. The zero-order chi connectivity index (χ0) is 15.1. The van der Waals surface area contributed by atoms with Gasteiger partial charge in [-0.3, -0.25) is 13.9 Å². The molecule has 0 atom stereocenters. The van der Waals surface area contributed by atoms with Gasteiger partial charge in [-0.2, -0.15) is 0 Å². The molecule has 1 aromatic carbocycles. The molecule has 3 rings (SSSR count).